The molecule has 0 unspecified atom stereocenters. The highest BCUT2D eigenvalue weighted by molar-refractivity contribution is 7.92. The summed E-state index contributed by atoms with van der Waals surface area (Å²) in [4.78, 5) is 0.127. The molecule has 3 aromatic carbocycles. The van der Waals surface area contributed by atoms with Crippen LogP contribution in [0.15, 0.2) is 71.6 Å². The molecule has 0 spiro atoms. The van der Waals surface area contributed by atoms with Crippen LogP contribution in [-0.4, -0.2) is 29.7 Å². The smallest absolute Gasteiger partial charge is 0.264 e. The maximum absolute atomic E-state index is 13.8. The lowest BCUT2D eigenvalue weighted by molar-refractivity contribution is 0.396. The Bertz CT molecular complexity index is 1150. The lowest BCUT2D eigenvalue weighted by Crippen LogP contribution is -2.34. The molecule has 0 amide bonds. The van der Waals surface area contributed by atoms with Crippen LogP contribution in [0.4, 0.5) is 5.69 Å². The van der Waals surface area contributed by atoms with E-state index in [1.807, 2.05) is 0 Å². The van der Waals surface area contributed by atoms with Crippen molar-refractivity contribution in [2.45, 2.75) is 17.9 Å². The van der Waals surface area contributed by atoms with E-state index in [-0.39, 0.29) is 4.90 Å². The second kappa shape index (κ2) is 9.49. The Balaban J connectivity index is 2.20. The Morgan fingerprint density at radius 3 is 2.06 bits per heavy atom. The molecule has 0 N–H and O–H groups in total. The van der Waals surface area contributed by atoms with Crippen molar-refractivity contribution in [3.05, 3.63) is 77.3 Å². The van der Waals surface area contributed by atoms with Crippen molar-refractivity contribution >= 4 is 27.3 Å². The summed E-state index contributed by atoms with van der Waals surface area (Å²) >= 11 is 6.20. The van der Waals surface area contributed by atoms with Gasteiger partial charge in [0.1, 0.15) is 17.2 Å². The molecule has 164 valence electrons. The zero-order valence-electron chi connectivity index (χ0n) is 17.7. The van der Waals surface area contributed by atoms with Crippen LogP contribution in [0.2, 0.25) is 5.02 Å². The molecule has 0 aromatic heterocycles. The second-order valence-corrected chi connectivity index (χ2v) is 8.99. The summed E-state index contributed by atoms with van der Waals surface area (Å²) in [6.07, 6.45) is 0. The first-order valence-corrected chi connectivity index (χ1v) is 11.3. The quantitative estimate of drug-likeness (QED) is 0.454. The molecule has 0 saturated heterocycles. The molecular formula is C23H24ClNO5S. The number of sulfonamides is 1. The van der Waals surface area contributed by atoms with E-state index >= 15 is 0 Å². The number of nitrogens with zero attached hydrogens (tertiary/aromatic N) is 1. The molecule has 3 aromatic rings. The van der Waals surface area contributed by atoms with Gasteiger partial charge in [-0.15, -0.1) is 0 Å². The highest BCUT2D eigenvalue weighted by Gasteiger charge is 2.32. The molecular weight excluding hydrogens is 438 g/mol. The van der Waals surface area contributed by atoms with Gasteiger partial charge in [-0.2, -0.15) is 0 Å². The Morgan fingerprint density at radius 1 is 0.839 bits per heavy atom. The van der Waals surface area contributed by atoms with Crippen LogP contribution in [0.3, 0.4) is 0 Å². The molecule has 0 bridgehead atoms. The van der Waals surface area contributed by atoms with Crippen LogP contribution in [0.5, 0.6) is 17.2 Å². The van der Waals surface area contributed by atoms with E-state index in [2.05, 4.69) is 0 Å². The third-order valence-corrected chi connectivity index (χ3v) is 7.07. The van der Waals surface area contributed by atoms with E-state index < -0.39 is 16.1 Å². The van der Waals surface area contributed by atoms with Gasteiger partial charge in [-0.1, -0.05) is 17.7 Å². The van der Waals surface area contributed by atoms with Crippen molar-refractivity contribution in [3.63, 3.8) is 0 Å². The Labute approximate surface area is 188 Å². The molecule has 1 atom stereocenters. The first kappa shape index (κ1) is 22.8. The molecule has 0 heterocycles. The van der Waals surface area contributed by atoms with E-state index in [1.165, 1.54) is 23.5 Å². The fourth-order valence-electron chi connectivity index (χ4n) is 3.34. The number of rotatable bonds is 8. The number of hydrogen-bond donors (Lipinski definition) is 0. The minimum atomic E-state index is -3.97. The molecule has 0 fully saturated rings. The minimum Gasteiger partial charge on any atom is -0.497 e. The number of hydrogen-bond acceptors (Lipinski definition) is 5. The SMILES string of the molecule is COc1ccc(S(=O)(=O)N(c2cccc(Cl)c2)[C@@H](C)c2cc(OC)ccc2OC)cc1. The van der Waals surface area contributed by atoms with E-state index in [1.54, 1.807) is 75.7 Å². The normalized spacial score (nSPS) is 12.2. The summed E-state index contributed by atoms with van der Waals surface area (Å²) in [5.74, 6) is 1.71. The molecule has 3 rings (SSSR count). The first-order valence-electron chi connectivity index (χ1n) is 9.47. The summed E-state index contributed by atoms with van der Waals surface area (Å²) in [6, 6.07) is 17.6. The van der Waals surface area contributed by atoms with Gasteiger partial charge in [0.05, 0.1) is 38.0 Å². The van der Waals surface area contributed by atoms with E-state index in [0.717, 1.165) is 0 Å². The van der Waals surface area contributed by atoms with E-state index in [0.29, 0.717) is 33.5 Å². The van der Waals surface area contributed by atoms with Gasteiger partial charge < -0.3 is 14.2 Å². The predicted octanol–water partition coefficient (Wildman–Crippen LogP) is 5.32. The average molecular weight is 462 g/mol. The van der Waals surface area contributed by atoms with Crippen molar-refractivity contribution in [1.29, 1.82) is 0 Å². The highest BCUT2D eigenvalue weighted by atomic mass is 35.5. The van der Waals surface area contributed by atoms with Crippen LogP contribution in [0.25, 0.3) is 0 Å². The topological polar surface area (TPSA) is 65.1 Å². The fourth-order valence-corrected chi connectivity index (χ4v) is 5.15. The van der Waals surface area contributed by atoms with Crippen molar-refractivity contribution < 1.29 is 22.6 Å². The van der Waals surface area contributed by atoms with Crippen LogP contribution >= 0.6 is 11.6 Å². The van der Waals surface area contributed by atoms with E-state index in [4.69, 9.17) is 25.8 Å². The van der Waals surface area contributed by atoms with Crippen molar-refractivity contribution in [1.82, 2.24) is 0 Å². The minimum absolute atomic E-state index is 0.127. The van der Waals surface area contributed by atoms with Gasteiger partial charge in [0, 0.05) is 10.6 Å². The summed E-state index contributed by atoms with van der Waals surface area (Å²) in [7, 11) is 0.658. The third kappa shape index (κ3) is 4.73. The Morgan fingerprint density at radius 2 is 1.48 bits per heavy atom. The molecule has 0 aliphatic rings. The average Bonchev–Trinajstić information content (AvgIpc) is 2.78. The molecule has 6 nitrogen and oxygen atoms in total. The second-order valence-electron chi connectivity index (χ2n) is 6.74. The standard InChI is InChI=1S/C23H24ClNO5S/c1-16(22-15-20(29-3)10-13-23(22)30-4)25(18-7-5-6-17(24)14-18)31(26,27)21-11-8-19(28-2)9-12-21/h5-16H,1-4H3/t16-/m0/s1. The van der Waals surface area contributed by atoms with Gasteiger partial charge in [0.25, 0.3) is 10.0 Å². The highest BCUT2D eigenvalue weighted by Crippen LogP contribution is 2.39. The van der Waals surface area contributed by atoms with Crippen molar-refractivity contribution in [2.24, 2.45) is 0 Å². The monoisotopic (exact) mass is 461 g/mol. The molecule has 0 radical (unpaired) electrons. The van der Waals surface area contributed by atoms with Gasteiger partial charge in [-0.25, -0.2) is 8.42 Å². The summed E-state index contributed by atoms with van der Waals surface area (Å²) in [5, 5.41) is 0.428. The number of methoxy groups -OCH3 is 3. The fraction of sp³-hybridized carbons (Fsp3) is 0.217. The third-order valence-electron chi connectivity index (χ3n) is 4.92. The van der Waals surface area contributed by atoms with Crippen LogP contribution in [-0.2, 0) is 10.0 Å². The summed E-state index contributed by atoms with van der Waals surface area (Å²) in [5.41, 5.74) is 1.08. The van der Waals surface area contributed by atoms with Gasteiger partial charge in [-0.05, 0) is 67.6 Å². The van der Waals surface area contributed by atoms with Crippen molar-refractivity contribution in [3.8, 4) is 17.2 Å². The maximum Gasteiger partial charge on any atom is 0.264 e. The van der Waals surface area contributed by atoms with Crippen LogP contribution in [0.1, 0.15) is 18.5 Å². The van der Waals surface area contributed by atoms with Gasteiger partial charge >= 0.3 is 0 Å². The number of anilines is 1. The number of ether oxygens (including phenoxy) is 3. The summed E-state index contributed by atoms with van der Waals surface area (Å²) < 4.78 is 44.9. The largest absolute Gasteiger partial charge is 0.497 e. The summed E-state index contributed by atoms with van der Waals surface area (Å²) in [6.45, 7) is 1.79. The van der Waals surface area contributed by atoms with E-state index in [9.17, 15) is 8.42 Å². The molecule has 31 heavy (non-hydrogen) atoms. The molecule has 0 aliphatic carbocycles. The number of benzene rings is 3. The van der Waals surface area contributed by atoms with Gasteiger partial charge in [0.15, 0.2) is 0 Å². The zero-order chi connectivity index (χ0) is 22.6. The first-order chi connectivity index (χ1) is 14.8. The lowest BCUT2D eigenvalue weighted by atomic mass is 10.1. The zero-order valence-corrected chi connectivity index (χ0v) is 19.3. The van der Waals surface area contributed by atoms with Crippen molar-refractivity contribution in [2.75, 3.05) is 25.6 Å². The van der Waals surface area contributed by atoms with Gasteiger partial charge in [0.2, 0.25) is 0 Å². The maximum atomic E-state index is 13.8. The van der Waals surface area contributed by atoms with Gasteiger partial charge in [-0.3, -0.25) is 4.31 Å². The van der Waals surface area contributed by atoms with Crippen LogP contribution < -0.4 is 18.5 Å². The Kier molecular flexibility index (Phi) is 6.97. The lowest BCUT2D eigenvalue weighted by Gasteiger charge is -2.32. The molecule has 0 aliphatic heterocycles. The number of halogens is 1. The van der Waals surface area contributed by atoms with Crippen LogP contribution in [0, 0.1) is 0 Å². The molecule has 8 heteroatoms. The Hall–Kier alpha value is -2.90. The predicted molar refractivity (Wildman–Crippen MR) is 122 cm³/mol. The molecule has 0 saturated carbocycles.